The number of ether oxygens (including phenoxy) is 1. The van der Waals surface area contributed by atoms with Crippen molar-refractivity contribution >= 4 is 21.7 Å². The van der Waals surface area contributed by atoms with E-state index in [4.69, 9.17) is 0 Å². The SMILES string of the molecule is O=C(c1cccc(OC(F)F)c1)c1ccc(F)c(Br)c1. The molecule has 2 aromatic carbocycles. The van der Waals surface area contributed by atoms with E-state index in [0.717, 1.165) is 6.07 Å². The molecule has 0 heterocycles. The smallest absolute Gasteiger partial charge is 0.387 e. The maximum Gasteiger partial charge on any atom is 0.387 e. The molecule has 2 aromatic rings. The van der Waals surface area contributed by atoms with Gasteiger partial charge in [0.1, 0.15) is 11.6 Å². The van der Waals surface area contributed by atoms with Crippen LogP contribution in [0.15, 0.2) is 46.9 Å². The summed E-state index contributed by atoms with van der Waals surface area (Å²) in [6.07, 6.45) is 0. The number of ketones is 1. The fourth-order valence-corrected chi connectivity index (χ4v) is 2.00. The van der Waals surface area contributed by atoms with Gasteiger partial charge >= 0.3 is 6.61 Å². The highest BCUT2D eigenvalue weighted by Crippen LogP contribution is 2.21. The van der Waals surface area contributed by atoms with Gasteiger partial charge in [-0.05, 0) is 46.3 Å². The third-order valence-corrected chi connectivity index (χ3v) is 3.11. The molecular weight excluding hydrogens is 337 g/mol. The molecule has 0 unspecified atom stereocenters. The van der Waals surface area contributed by atoms with E-state index in [1.54, 1.807) is 0 Å². The van der Waals surface area contributed by atoms with Crippen LogP contribution in [0.25, 0.3) is 0 Å². The fraction of sp³-hybridized carbons (Fsp3) is 0.0714. The van der Waals surface area contributed by atoms with Crippen molar-refractivity contribution in [3.63, 3.8) is 0 Å². The van der Waals surface area contributed by atoms with E-state index in [2.05, 4.69) is 20.7 Å². The average Bonchev–Trinajstić information content (AvgIpc) is 2.40. The van der Waals surface area contributed by atoms with E-state index >= 15 is 0 Å². The molecule has 0 saturated heterocycles. The van der Waals surface area contributed by atoms with Gasteiger partial charge in [-0.2, -0.15) is 8.78 Å². The Morgan fingerprint density at radius 3 is 2.45 bits per heavy atom. The van der Waals surface area contributed by atoms with Gasteiger partial charge in [0.25, 0.3) is 0 Å². The van der Waals surface area contributed by atoms with E-state index in [1.165, 1.54) is 36.4 Å². The summed E-state index contributed by atoms with van der Waals surface area (Å²) in [6.45, 7) is -2.96. The van der Waals surface area contributed by atoms with Crippen molar-refractivity contribution in [2.45, 2.75) is 6.61 Å². The van der Waals surface area contributed by atoms with Crippen LogP contribution in [0.1, 0.15) is 15.9 Å². The van der Waals surface area contributed by atoms with Crippen LogP contribution < -0.4 is 4.74 Å². The molecule has 0 aromatic heterocycles. The lowest BCUT2D eigenvalue weighted by Gasteiger charge is -2.07. The summed E-state index contributed by atoms with van der Waals surface area (Å²) < 4.78 is 41.7. The molecule has 0 fully saturated rings. The first-order valence-electron chi connectivity index (χ1n) is 5.52. The minimum absolute atomic E-state index is 0.105. The van der Waals surface area contributed by atoms with Crippen molar-refractivity contribution in [2.75, 3.05) is 0 Å². The monoisotopic (exact) mass is 344 g/mol. The average molecular weight is 345 g/mol. The highest BCUT2D eigenvalue weighted by molar-refractivity contribution is 9.10. The van der Waals surface area contributed by atoms with Crippen molar-refractivity contribution in [1.82, 2.24) is 0 Å². The first kappa shape index (κ1) is 14.6. The van der Waals surface area contributed by atoms with Crippen molar-refractivity contribution < 1.29 is 22.7 Å². The Morgan fingerprint density at radius 1 is 1.10 bits per heavy atom. The molecular formula is C14H8BrF3O2. The van der Waals surface area contributed by atoms with E-state index < -0.39 is 18.2 Å². The number of carbonyl (C=O) groups is 1. The number of hydrogen-bond donors (Lipinski definition) is 0. The van der Waals surface area contributed by atoms with Crippen LogP contribution in [0.2, 0.25) is 0 Å². The lowest BCUT2D eigenvalue weighted by atomic mass is 10.0. The summed E-state index contributed by atoms with van der Waals surface area (Å²) in [5, 5.41) is 0. The molecule has 0 N–H and O–H groups in total. The maximum absolute atomic E-state index is 13.1. The molecule has 0 saturated carbocycles. The minimum atomic E-state index is -2.96. The van der Waals surface area contributed by atoms with Gasteiger partial charge in [0.15, 0.2) is 5.78 Å². The van der Waals surface area contributed by atoms with Gasteiger partial charge < -0.3 is 4.74 Å². The second kappa shape index (κ2) is 6.09. The number of halogens is 4. The van der Waals surface area contributed by atoms with E-state index in [1.807, 2.05) is 0 Å². The van der Waals surface area contributed by atoms with Crippen LogP contribution in [0.3, 0.4) is 0 Å². The Balaban J connectivity index is 2.30. The summed E-state index contributed by atoms with van der Waals surface area (Å²) >= 11 is 2.98. The molecule has 104 valence electrons. The molecule has 0 radical (unpaired) electrons. The molecule has 2 nitrogen and oxygen atoms in total. The molecule has 0 spiro atoms. The van der Waals surface area contributed by atoms with Crippen LogP contribution in [0, 0.1) is 5.82 Å². The summed E-state index contributed by atoms with van der Waals surface area (Å²) in [5.41, 5.74) is 0.425. The Kier molecular flexibility index (Phi) is 4.44. The van der Waals surface area contributed by atoms with Crippen LogP contribution >= 0.6 is 15.9 Å². The third kappa shape index (κ3) is 3.39. The molecule has 2 rings (SSSR count). The fourth-order valence-electron chi connectivity index (χ4n) is 1.62. The predicted octanol–water partition coefficient (Wildman–Crippen LogP) is 4.42. The van der Waals surface area contributed by atoms with Crippen LogP contribution in [0.5, 0.6) is 5.75 Å². The third-order valence-electron chi connectivity index (χ3n) is 2.50. The summed E-state index contributed by atoms with van der Waals surface area (Å²) in [5.74, 6) is -1.01. The van der Waals surface area contributed by atoms with Gasteiger partial charge in [-0.3, -0.25) is 4.79 Å². The molecule has 0 aliphatic rings. The van der Waals surface area contributed by atoms with Gasteiger partial charge in [-0.25, -0.2) is 4.39 Å². The van der Waals surface area contributed by atoms with Gasteiger partial charge in [0.05, 0.1) is 4.47 Å². The second-order valence-corrected chi connectivity index (χ2v) is 4.72. The van der Waals surface area contributed by atoms with Crippen LogP contribution in [-0.2, 0) is 0 Å². The standard InChI is InChI=1S/C14H8BrF3O2/c15-11-7-9(4-5-12(11)16)13(19)8-2-1-3-10(6-8)20-14(17)18/h1-7,14H. The maximum atomic E-state index is 13.1. The largest absolute Gasteiger partial charge is 0.435 e. The van der Waals surface area contributed by atoms with Crippen LogP contribution in [0.4, 0.5) is 13.2 Å². The molecule has 0 aliphatic heterocycles. The lowest BCUT2D eigenvalue weighted by molar-refractivity contribution is -0.0498. The Morgan fingerprint density at radius 2 is 1.80 bits per heavy atom. The number of rotatable bonds is 4. The Hall–Kier alpha value is -1.82. The normalized spacial score (nSPS) is 10.7. The van der Waals surface area contributed by atoms with E-state index in [-0.39, 0.29) is 21.3 Å². The molecule has 0 amide bonds. The molecule has 0 atom stereocenters. The number of alkyl halides is 2. The topological polar surface area (TPSA) is 26.3 Å². The van der Waals surface area contributed by atoms with Gasteiger partial charge in [0.2, 0.25) is 0 Å². The summed E-state index contributed by atoms with van der Waals surface area (Å²) in [4.78, 5) is 12.2. The van der Waals surface area contributed by atoms with Gasteiger partial charge in [-0.1, -0.05) is 12.1 Å². The number of hydrogen-bond acceptors (Lipinski definition) is 2. The zero-order valence-corrected chi connectivity index (χ0v) is 11.5. The van der Waals surface area contributed by atoms with Crippen molar-refractivity contribution in [3.05, 3.63) is 63.9 Å². The van der Waals surface area contributed by atoms with Gasteiger partial charge in [0, 0.05) is 11.1 Å². The molecule has 20 heavy (non-hydrogen) atoms. The molecule has 0 aliphatic carbocycles. The van der Waals surface area contributed by atoms with E-state index in [0.29, 0.717) is 0 Å². The zero-order chi connectivity index (χ0) is 14.7. The Labute approximate surface area is 121 Å². The molecule has 0 bridgehead atoms. The lowest BCUT2D eigenvalue weighted by Crippen LogP contribution is -2.05. The highest BCUT2D eigenvalue weighted by Gasteiger charge is 2.13. The van der Waals surface area contributed by atoms with Crippen molar-refractivity contribution in [2.24, 2.45) is 0 Å². The predicted molar refractivity (Wildman–Crippen MR) is 70.6 cm³/mol. The zero-order valence-electron chi connectivity index (χ0n) is 9.95. The van der Waals surface area contributed by atoms with Gasteiger partial charge in [-0.15, -0.1) is 0 Å². The first-order valence-corrected chi connectivity index (χ1v) is 6.31. The van der Waals surface area contributed by atoms with E-state index in [9.17, 15) is 18.0 Å². The minimum Gasteiger partial charge on any atom is -0.435 e. The number of carbonyl (C=O) groups excluding carboxylic acids is 1. The first-order chi connectivity index (χ1) is 9.47. The van der Waals surface area contributed by atoms with Crippen molar-refractivity contribution in [3.8, 4) is 5.75 Å². The summed E-state index contributed by atoms with van der Waals surface area (Å²) in [6, 6.07) is 9.24. The Bertz CT molecular complexity index is 644. The number of benzene rings is 2. The second-order valence-electron chi connectivity index (χ2n) is 3.86. The highest BCUT2D eigenvalue weighted by atomic mass is 79.9. The molecule has 6 heteroatoms. The summed E-state index contributed by atoms with van der Waals surface area (Å²) in [7, 11) is 0. The quantitative estimate of drug-likeness (QED) is 0.767. The van der Waals surface area contributed by atoms with Crippen molar-refractivity contribution in [1.29, 1.82) is 0 Å². The van der Waals surface area contributed by atoms with Crippen LogP contribution in [-0.4, -0.2) is 12.4 Å².